The molecule has 1 radical (unpaired) electrons. The van der Waals surface area contributed by atoms with E-state index in [1.165, 1.54) is 0 Å². The van der Waals surface area contributed by atoms with E-state index in [0.29, 0.717) is 0 Å². The van der Waals surface area contributed by atoms with Crippen LogP contribution in [0.25, 0.3) is 0 Å². The van der Waals surface area contributed by atoms with E-state index in [1.807, 2.05) is 6.92 Å². The summed E-state index contributed by atoms with van der Waals surface area (Å²) in [7, 11) is 1.74. The second-order valence-electron chi connectivity index (χ2n) is 3.27. The molecule has 0 N–H and O–H groups in total. The smallest absolute Gasteiger partial charge is 0.0833 e. The van der Waals surface area contributed by atoms with Gasteiger partial charge in [0.25, 0.3) is 0 Å². The van der Waals surface area contributed by atoms with Gasteiger partial charge in [0.2, 0.25) is 0 Å². The predicted molar refractivity (Wildman–Crippen MR) is 60.2 cm³/mol. The zero-order valence-corrected chi connectivity index (χ0v) is 9.66. The number of hydrogen-bond acceptors (Lipinski definition) is 2. The first-order valence-electron chi connectivity index (χ1n) is 5.34. The van der Waals surface area contributed by atoms with Crippen molar-refractivity contribution < 1.29 is 9.47 Å². The Morgan fingerprint density at radius 1 is 1.36 bits per heavy atom. The van der Waals surface area contributed by atoms with Gasteiger partial charge in [0.1, 0.15) is 0 Å². The highest BCUT2D eigenvalue weighted by atomic mass is 16.5. The summed E-state index contributed by atoms with van der Waals surface area (Å²) >= 11 is 0. The lowest BCUT2D eigenvalue weighted by molar-refractivity contribution is -0.0456. The lowest BCUT2D eigenvalue weighted by atomic mass is 10.1. The van der Waals surface area contributed by atoms with E-state index in [9.17, 15) is 0 Å². The molecular formula is C12H23O2. The maximum atomic E-state index is 5.49. The van der Waals surface area contributed by atoms with Gasteiger partial charge in [-0.3, -0.25) is 0 Å². The van der Waals surface area contributed by atoms with Crippen molar-refractivity contribution in [2.75, 3.05) is 13.7 Å². The van der Waals surface area contributed by atoms with Gasteiger partial charge in [0.05, 0.1) is 12.2 Å². The summed E-state index contributed by atoms with van der Waals surface area (Å²) < 4.78 is 10.9. The summed E-state index contributed by atoms with van der Waals surface area (Å²) in [5.41, 5.74) is 0. The Bertz CT molecular complexity index is 143. The molecule has 0 aliphatic heterocycles. The molecule has 0 saturated heterocycles. The highest BCUT2D eigenvalue weighted by molar-refractivity contribution is 4.83. The van der Waals surface area contributed by atoms with Crippen LogP contribution in [0.2, 0.25) is 0 Å². The average molecular weight is 199 g/mol. The van der Waals surface area contributed by atoms with Crippen molar-refractivity contribution >= 4 is 0 Å². The molecule has 0 rings (SSSR count). The summed E-state index contributed by atoms with van der Waals surface area (Å²) in [6, 6.07) is 0. The van der Waals surface area contributed by atoms with Crippen molar-refractivity contribution in [3.63, 3.8) is 0 Å². The lowest BCUT2D eigenvalue weighted by Crippen LogP contribution is -2.27. The molecule has 2 atom stereocenters. The van der Waals surface area contributed by atoms with Crippen LogP contribution in [0, 0.1) is 6.92 Å². The molecule has 0 aliphatic carbocycles. The van der Waals surface area contributed by atoms with Gasteiger partial charge < -0.3 is 9.47 Å². The zero-order chi connectivity index (χ0) is 10.8. The van der Waals surface area contributed by atoms with E-state index < -0.39 is 0 Å². The number of rotatable bonds is 8. The Kier molecular flexibility index (Phi) is 9.00. The quantitative estimate of drug-likeness (QED) is 0.559. The number of ether oxygens (including phenoxy) is 2. The Hall–Kier alpha value is -0.340. The molecule has 14 heavy (non-hydrogen) atoms. The average Bonchev–Trinajstić information content (AvgIpc) is 2.18. The molecule has 0 aromatic rings. The normalized spacial score (nSPS) is 16.0. The van der Waals surface area contributed by atoms with Crippen molar-refractivity contribution in [3.8, 4) is 0 Å². The van der Waals surface area contributed by atoms with E-state index in [1.54, 1.807) is 7.11 Å². The van der Waals surface area contributed by atoms with E-state index >= 15 is 0 Å². The fraction of sp³-hybridized carbons (Fsp3) is 0.750. The van der Waals surface area contributed by atoms with Crippen LogP contribution in [-0.2, 0) is 9.47 Å². The number of allylic oxidation sites excluding steroid dienone is 2. The Morgan fingerprint density at radius 3 is 2.57 bits per heavy atom. The van der Waals surface area contributed by atoms with Crippen LogP contribution in [0.15, 0.2) is 12.2 Å². The molecule has 0 heterocycles. The highest BCUT2D eigenvalue weighted by Crippen LogP contribution is 2.10. The van der Waals surface area contributed by atoms with Gasteiger partial charge in [-0.05, 0) is 40.0 Å². The van der Waals surface area contributed by atoms with Gasteiger partial charge in [-0.1, -0.05) is 12.2 Å². The van der Waals surface area contributed by atoms with Gasteiger partial charge in [0.15, 0.2) is 0 Å². The van der Waals surface area contributed by atoms with Crippen LogP contribution in [0.3, 0.4) is 0 Å². The first-order chi connectivity index (χ1) is 6.76. The van der Waals surface area contributed by atoms with Crippen molar-refractivity contribution in [1.29, 1.82) is 0 Å². The molecule has 0 spiro atoms. The van der Waals surface area contributed by atoms with Gasteiger partial charge >= 0.3 is 0 Å². The third-order valence-corrected chi connectivity index (χ3v) is 2.21. The molecule has 0 aliphatic rings. The molecule has 2 nitrogen and oxygen atoms in total. The zero-order valence-electron chi connectivity index (χ0n) is 9.66. The maximum Gasteiger partial charge on any atom is 0.0833 e. The van der Waals surface area contributed by atoms with Crippen LogP contribution in [0.1, 0.15) is 33.1 Å². The van der Waals surface area contributed by atoms with Crippen LogP contribution < -0.4 is 0 Å². The molecule has 0 saturated carbocycles. The first-order valence-corrected chi connectivity index (χ1v) is 5.34. The first kappa shape index (κ1) is 13.7. The highest BCUT2D eigenvalue weighted by Gasteiger charge is 2.15. The summed E-state index contributed by atoms with van der Waals surface area (Å²) in [5, 5.41) is 0. The minimum atomic E-state index is 0.179. The van der Waals surface area contributed by atoms with Crippen molar-refractivity contribution in [2.24, 2.45) is 0 Å². The Balaban J connectivity index is 3.72. The molecule has 0 bridgehead atoms. The molecular weight excluding hydrogens is 176 g/mol. The Morgan fingerprint density at radius 2 is 2.07 bits per heavy atom. The van der Waals surface area contributed by atoms with Crippen molar-refractivity contribution in [1.82, 2.24) is 0 Å². The summed E-state index contributed by atoms with van der Waals surface area (Å²) in [4.78, 5) is 0. The largest absolute Gasteiger partial charge is 0.379 e. The van der Waals surface area contributed by atoms with Crippen LogP contribution in [-0.4, -0.2) is 25.9 Å². The van der Waals surface area contributed by atoms with E-state index in [-0.39, 0.29) is 12.2 Å². The summed E-state index contributed by atoms with van der Waals surface area (Å²) in [6.45, 7) is 8.55. The topological polar surface area (TPSA) is 18.5 Å². The van der Waals surface area contributed by atoms with Crippen molar-refractivity contribution in [3.05, 3.63) is 19.1 Å². The molecule has 0 fully saturated rings. The minimum absolute atomic E-state index is 0.179. The van der Waals surface area contributed by atoms with Crippen LogP contribution >= 0.6 is 0 Å². The van der Waals surface area contributed by atoms with Gasteiger partial charge in [0, 0.05) is 13.7 Å². The van der Waals surface area contributed by atoms with Gasteiger partial charge in [-0.15, -0.1) is 0 Å². The predicted octanol–water partition coefficient (Wildman–Crippen LogP) is 2.99. The summed E-state index contributed by atoms with van der Waals surface area (Å²) in [6.07, 6.45) is 7.51. The monoisotopic (exact) mass is 199 g/mol. The van der Waals surface area contributed by atoms with E-state index in [4.69, 9.17) is 9.47 Å². The molecule has 0 aromatic carbocycles. The molecule has 0 amide bonds. The molecule has 2 heteroatoms. The molecule has 83 valence electrons. The fourth-order valence-corrected chi connectivity index (χ4v) is 1.41. The van der Waals surface area contributed by atoms with Gasteiger partial charge in [-0.25, -0.2) is 0 Å². The molecule has 0 aromatic heterocycles. The second kappa shape index (κ2) is 9.22. The lowest BCUT2D eigenvalue weighted by Gasteiger charge is -2.21. The number of hydrogen-bond donors (Lipinski definition) is 0. The minimum Gasteiger partial charge on any atom is -0.379 e. The van der Waals surface area contributed by atoms with Gasteiger partial charge in [-0.2, -0.15) is 0 Å². The van der Waals surface area contributed by atoms with E-state index in [2.05, 4.69) is 26.0 Å². The standard InChI is InChI=1S/C12H23O2/c1-5-7-8-9-10-12(13-4)11(3)14-6-2/h7-8,11-12H,1,5-6,9-10H2,2-4H3. The van der Waals surface area contributed by atoms with Crippen LogP contribution in [0.5, 0.6) is 0 Å². The van der Waals surface area contributed by atoms with Crippen LogP contribution in [0.4, 0.5) is 0 Å². The number of methoxy groups -OCH3 is 1. The third-order valence-electron chi connectivity index (χ3n) is 2.21. The maximum absolute atomic E-state index is 5.49. The molecule has 2 unspecified atom stereocenters. The third kappa shape index (κ3) is 6.17. The van der Waals surface area contributed by atoms with E-state index in [0.717, 1.165) is 25.9 Å². The summed E-state index contributed by atoms with van der Waals surface area (Å²) in [5.74, 6) is 0. The second-order valence-corrected chi connectivity index (χ2v) is 3.27. The fourth-order valence-electron chi connectivity index (χ4n) is 1.41. The van der Waals surface area contributed by atoms with Crippen molar-refractivity contribution in [2.45, 2.75) is 45.3 Å². The Labute approximate surface area is 88.3 Å². The SMILES string of the molecule is [CH2]CC=CCCC(OC)C(C)OCC.